The SMILES string of the molecule is [CH2]CC(=CCCCCCCCCCC)CC. The van der Waals surface area contributed by atoms with Gasteiger partial charge in [0.1, 0.15) is 0 Å². The summed E-state index contributed by atoms with van der Waals surface area (Å²) in [6.07, 6.45) is 17.2. The third-order valence-electron chi connectivity index (χ3n) is 3.27. The minimum atomic E-state index is 0.994. The second kappa shape index (κ2) is 12.8. The summed E-state index contributed by atoms with van der Waals surface area (Å²) >= 11 is 0. The molecule has 0 nitrogen and oxygen atoms in total. The van der Waals surface area contributed by atoms with Gasteiger partial charge in [0, 0.05) is 0 Å². The molecule has 0 aliphatic rings. The highest BCUT2D eigenvalue weighted by molar-refractivity contribution is 5.01. The third kappa shape index (κ3) is 10.3. The first-order chi connectivity index (χ1) is 7.85. The minimum absolute atomic E-state index is 0.994. The molecule has 0 unspecified atom stereocenters. The normalized spacial score (nSPS) is 12.1. The lowest BCUT2D eigenvalue weighted by molar-refractivity contribution is 0.577. The lowest BCUT2D eigenvalue weighted by Gasteiger charge is -2.02. The third-order valence-corrected chi connectivity index (χ3v) is 3.27. The number of unbranched alkanes of at least 4 members (excludes halogenated alkanes) is 8. The number of hydrogen-bond donors (Lipinski definition) is 0. The first kappa shape index (κ1) is 15.7. The van der Waals surface area contributed by atoms with Gasteiger partial charge < -0.3 is 0 Å². The Hall–Kier alpha value is -0.260. The van der Waals surface area contributed by atoms with Crippen molar-refractivity contribution in [2.75, 3.05) is 0 Å². The standard InChI is InChI=1S/C16H31/c1-4-7-8-9-10-11-12-13-14-15-16(5-2)6-3/h15H,2,4-14H2,1,3H3. The maximum Gasteiger partial charge on any atom is -0.0320 e. The second-order valence-corrected chi connectivity index (χ2v) is 4.73. The van der Waals surface area contributed by atoms with Crippen molar-refractivity contribution in [2.45, 2.75) is 84.5 Å². The van der Waals surface area contributed by atoms with Gasteiger partial charge in [-0.2, -0.15) is 0 Å². The first-order valence-electron chi connectivity index (χ1n) is 7.32. The van der Waals surface area contributed by atoms with Gasteiger partial charge in [0.15, 0.2) is 0 Å². The zero-order chi connectivity index (χ0) is 12.1. The Bertz CT molecular complexity index is 149. The van der Waals surface area contributed by atoms with E-state index in [-0.39, 0.29) is 0 Å². The van der Waals surface area contributed by atoms with E-state index < -0.39 is 0 Å². The largest absolute Gasteiger partial charge is 0.0853 e. The molecule has 0 aromatic rings. The van der Waals surface area contributed by atoms with E-state index in [4.69, 9.17) is 0 Å². The molecule has 0 aliphatic carbocycles. The fourth-order valence-corrected chi connectivity index (χ4v) is 2.01. The fourth-order valence-electron chi connectivity index (χ4n) is 2.01. The summed E-state index contributed by atoms with van der Waals surface area (Å²) in [5.74, 6) is 0. The number of rotatable bonds is 11. The molecule has 0 aliphatic heterocycles. The highest BCUT2D eigenvalue weighted by atomic mass is 14.0. The summed E-state index contributed by atoms with van der Waals surface area (Å²) in [7, 11) is 0. The van der Waals surface area contributed by atoms with Gasteiger partial charge in [0.2, 0.25) is 0 Å². The van der Waals surface area contributed by atoms with E-state index in [1.807, 2.05) is 0 Å². The molecular formula is C16H31. The van der Waals surface area contributed by atoms with E-state index in [0.717, 1.165) is 6.42 Å². The summed E-state index contributed by atoms with van der Waals surface area (Å²) in [5, 5.41) is 0. The van der Waals surface area contributed by atoms with Crippen LogP contribution in [-0.4, -0.2) is 0 Å². The topological polar surface area (TPSA) is 0 Å². The first-order valence-corrected chi connectivity index (χ1v) is 7.32. The van der Waals surface area contributed by atoms with Crippen molar-refractivity contribution in [3.8, 4) is 0 Å². The molecule has 0 spiro atoms. The Labute approximate surface area is 104 Å². The van der Waals surface area contributed by atoms with Crippen LogP contribution in [0.2, 0.25) is 0 Å². The number of hydrogen-bond acceptors (Lipinski definition) is 0. The summed E-state index contributed by atoms with van der Waals surface area (Å²) < 4.78 is 0. The van der Waals surface area contributed by atoms with Crippen LogP contribution in [-0.2, 0) is 0 Å². The molecule has 0 heterocycles. The molecule has 0 heteroatoms. The van der Waals surface area contributed by atoms with Crippen molar-refractivity contribution in [2.24, 2.45) is 0 Å². The van der Waals surface area contributed by atoms with E-state index in [0.29, 0.717) is 0 Å². The lowest BCUT2D eigenvalue weighted by Crippen LogP contribution is -1.82. The fraction of sp³-hybridized carbons (Fsp3) is 0.812. The van der Waals surface area contributed by atoms with Gasteiger partial charge in [-0.3, -0.25) is 0 Å². The van der Waals surface area contributed by atoms with Crippen LogP contribution in [0.15, 0.2) is 11.6 Å². The molecule has 0 N–H and O–H groups in total. The second-order valence-electron chi connectivity index (χ2n) is 4.73. The van der Waals surface area contributed by atoms with Crippen LogP contribution in [0.1, 0.15) is 84.5 Å². The molecule has 0 rings (SSSR count). The Morgan fingerprint density at radius 3 is 1.94 bits per heavy atom. The van der Waals surface area contributed by atoms with Crippen LogP contribution < -0.4 is 0 Å². The highest BCUT2D eigenvalue weighted by Gasteiger charge is 1.92. The van der Waals surface area contributed by atoms with Crippen LogP contribution in [0.4, 0.5) is 0 Å². The van der Waals surface area contributed by atoms with Crippen molar-refractivity contribution < 1.29 is 0 Å². The Kier molecular flexibility index (Phi) is 12.6. The summed E-state index contributed by atoms with van der Waals surface area (Å²) in [6.45, 7) is 8.45. The average molecular weight is 223 g/mol. The van der Waals surface area contributed by atoms with E-state index in [1.54, 1.807) is 0 Å². The lowest BCUT2D eigenvalue weighted by atomic mass is 10.1. The predicted octanol–water partition coefficient (Wildman–Crippen LogP) is 6.08. The van der Waals surface area contributed by atoms with Crippen molar-refractivity contribution >= 4 is 0 Å². The zero-order valence-electron chi connectivity index (χ0n) is 11.6. The molecular weight excluding hydrogens is 192 g/mol. The van der Waals surface area contributed by atoms with Crippen molar-refractivity contribution in [3.63, 3.8) is 0 Å². The van der Waals surface area contributed by atoms with Crippen molar-refractivity contribution in [1.29, 1.82) is 0 Å². The molecule has 16 heavy (non-hydrogen) atoms. The summed E-state index contributed by atoms with van der Waals surface area (Å²) in [4.78, 5) is 0. The van der Waals surface area contributed by atoms with E-state index in [1.165, 1.54) is 69.8 Å². The van der Waals surface area contributed by atoms with Gasteiger partial charge in [-0.1, -0.05) is 70.4 Å². The average Bonchev–Trinajstić information content (AvgIpc) is 2.32. The van der Waals surface area contributed by atoms with Gasteiger partial charge >= 0.3 is 0 Å². The number of allylic oxidation sites excluding steroid dienone is 2. The van der Waals surface area contributed by atoms with Gasteiger partial charge in [-0.25, -0.2) is 0 Å². The monoisotopic (exact) mass is 223 g/mol. The van der Waals surface area contributed by atoms with E-state index >= 15 is 0 Å². The predicted molar refractivity (Wildman–Crippen MR) is 75.6 cm³/mol. The highest BCUT2D eigenvalue weighted by Crippen LogP contribution is 2.12. The Morgan fingerprint density at radius 2 is 1.44 bits per heavy atom. The van der Waals surface area contributed by atoms with Crippen LogP contribution in [0, 0.1) is 6.92 Å². The molecule has 0 amide bonds. The summed E-state index contributed by atoms with van der Waals surface area (Å²) in [6, 6.07) is 0. The van der Waals surface area contributed by atoms with Crippen LogP contribution >= 0.6 is 0 Å². The van der Waals surface area contributed by atoms with Gasteiger partial charge in [-0.15, -0.1) is 0 Å². The quantitative estimate of drug-likeness (QED) is 0.294. The molecule has 0 atom stereocenters. The van der Waals surface area contributed by atoms with E-state index in [9.17, 15) is 0 Å². The molecule has 0 saturated carbocycles. The molecule has 0 saturated heterocycles. The maximum absolute atomic E-state index is 3.95. The van der Waals surface area contributed by atoms with Crippen LogP contribution in [0.3, 0.4) is 0 Å². The smallest absolute Gasteiger partial charge is 0.0320 e. The molecule has 0 aromatic heterocycles. The molecule has 0 fully saturated rings. The van der Waals surface area contributed by atoms with Gasteiger partial charge in [-0.05, 0) is 32.6 Å². The van der Waals surface area contributed by atoms with Crippen LogP contribution in [0.5, 0.6) is 0 Å². The van der Waals surface area contributed by atoms with Crippen LogP contribution in [0.25, 0.3) is 0 Å². The van der Waals surface area contributed by atoms with Crippen molar-refractivity contribution in [1.82, 2.24) is 0 Å². The zero-order valence-corrected chi connectivity index (χ0v) is 11.6. The maximum atomic E-state index is 3.95. The molecule has 1 radical (unpaired) electrons. The minimum Gasteiger partial charge on any atom is -0.0853 e. The van der Waals surface area contributed by atoms with Crippen molar-refractivity contribution in [3.05, 3.63) is 18.6 Å². The Morgan fingerprint density at radius 1 is 0.875 bits per heavy atom. The molecule has 0 aromatic carbocycles. The van der Waals surface area contributed by atoms with Gasteiger partial charge in [0.05, 0.1) is 0 Å². The van der Waals surface area contributed by atoms with E-state index in [2.05, 4.69) is 26.8 Å². The van der Waals surface area contributed by atoms with Gasteiger partial charge in [0.25, 0.3) is 0 Å². The Balaban J connectivity index is 3.17. The summed E-state index contributed by atoms with van der Waals surface area (Å²) in [5.41, 5.74) is 1.53. The molecule has 95 valence electrons. The molecule has 0 bridgehead atoms.